The van der Waals surface area contributed by atoms with Gasteiger partial charge in [-0.2, -0.15) is 0 Å². The Hall–Kier alpha value is -0.0800. The molecular weight excluding hydrogens is 104 g/mol. The lowest BCUT2D eigenvalue weighted by Gasteiger charge is -2.21. The molecular formula is C6H13O2. The number of hydrogen-bond acceptors (Lipinski definition) is 1. The second kappa shape index (κ2) is 2.46. The van der Waals surface area contributed by atoms with Crippen LogP contribution in [0.1, 0.15) is 20.8 Å². The summed E-state index contributed by atoms with van der Waals surface area (Å²) in [5.41, 5.74) is -0.269. The van der Waals surface area contributed by atoms with Crippen LogP contribution < -0.4 is 0 Å². The van der Waals surface area contributed by atoms with E-state index < -0.39 is 6.29 Å². The summed E-state index contributed by atoms with van der Waals surface area (Å²) in [6, 6.07) is 0. The van der Waals surface area contributed by atoms with E-state index in [9.17, 15) is 5.11 Å². The largest absolute Gasteiger partial charge is 0.353 e. The van der Waals surface area contributed by atoms with Crippen LogP contribution in [0.5, 0.6) is 0 Å². The minimum atomic E-state index is -0.900. The molecule has 49 valence electrons. The van der Waals surface area contributed by atoms with Crippen LogP contribution in [0.2, 0.25) is 0 Å². The lowest BCUT2D eigenvalue weighted by Crippen LogP contribution is -2.25. The molecule has 0 aromatic heterocycles. The van der Waals surface area contributed by atoms with E-state index in [1.807, 2.05) is 20.8 Å². The van der Waals surface area contributed by atoms with E-state index >= 15 is 0 Å². The van der Waals surface area contributed by atoms with Crippen molar-refractivity contribution in [3.05, 3.63) is 0 Å². The molecule has 0 aliphatic rings. The van der Waals surface area contributed by atoms with Gasteiger partial charge < -0.3 is 4.74 Å². The zero-order valence-electron chi connectivity index (χ0n) is 5.89. The van der Waals surface area contributed by atoms with E-state index in [2.05, 4.69) is 4.74 Å². The molecule has 1 atom stereocenters. The fraction of sp³-hybridized carbons (Fsp3) is 1.00. The van der Waals surface area contributed by atoms with Gasteiger partial charge in [0, 0.05) is 12.5 Å². The molecule has 1 radical (unpaired) electrons. The van der Waals surface area contributed by atoms with E-state index in [4.69, 9.17) is 0 Å². The van der Waals surface area contributed by atoms with Crippen molar-refractivity contribution in [2.24, 2.45) is 5.41 Å². The van der Waals surface area contributed by atoms with E-state index in [0.717, 1.165) is 0 Å². The summed E-state index contributed by atoms with van der Waals surface area (Å²) in [7, 11) is 1.43. The van der Waals surface area contributed by atoms with Crippen molar-refractivity contribution in [3.63, 3.8) is 0 Å². The van der Waals surface area contributed by atoms with Gasteiger partial charge in [0.05, 0.1) is 0 Å². The van der Waals surface area contributed by atoms with Crippen molar-refractivity contribution in [3.8, 4) is 0 Å². The first-order chi connectivity index (χ1) is 3.48. The SMILES string of the molecule is COC([O])C(C)(C)C. The Labute approximate surface area is 50.5 Å². The summed E-state index contributed by atoms with van der Waals surface area (Å²) in [5, 5.41) is 10.7. The molecule has 0 heterocycles. The number of rotatable bonds is 1. The van der Waals surface area contributed by atoms with Gasteiger partial charge in [0.1, 0.15) is 0 Å². The third kappa shape index (κ3) is 2.28. The molecule has 0 spiro atoms. The minimum Gasteiger partial charge on any atom is -0.353 e. The molecule has 0 bridgehead atoms. The molecule has 0 aliphatic heterocycles. The molecule has 0 saturated heterocycles. The van der Waals surface area contributed by atoms with Crippen LogP contribution in [-0.4, -0.2) is 13.4 Å². The van der Waals surface area contributed by atoms with Gasteiger partial charge in [-0.15, -0.1) is 0 Å². The second-order valence-electron chi connectivity index (χ2n) is 2.93. The minimum absolute atomic E-state index is 0.269. The van der Waals surface area contributed by atoms with Gasteiger partial charge in [-0.1, -0.05) is 20.8 Å². The van der Waals surface area contributed by atoms with E-state index in [-0.39, 0.29) is 5.41 Å². The molecule has 0 fully saturated rings. The first-order valence-electron chi connectivity index (χ1n) is 2.67. The smallest absolute Gasteiger partial charge is 0.195 e. The van der Waals surface area contributed by atoms with Gasteiger partial charge in [0.15, 0.2) is 6.29 Å². The molecule has 0 aromatic carbocycles. The molecule has 2 nitrogen and oxygen atoms in total. The molecule has 0 saturated carbocycles. The Morgan fingerprint density at radius 1 is 1.38 bits per heavy atom. The first-order valence-corrected chi connectivity index (χ1v) is 2.67. The van der Waals surface area contributed by atoms with Crippen molar-refractivity contribution in [1.29, 1.82) is 0 Å². The van der Waals surface area contributed by atoms with Crippen LogP contribution in [-0.2, 0) is 9.84 Å². The Morgan fingerprint density at radius 2 is 1.75 bits per heavy atom. The Kier molecular flexibility index (Phi) is 2.44. The highest BCUT2D eigenvalue weighted by Gasteiger charge is 2.22. The summed E-state index contributed by atoms with van der Waals surface area (Å²) in [6.07, 6.45) is -0.900. The molecule has 2 heteroatoms. The van der Waals surface area contributed by atoms with E-state index in [1.54, 1.807) is 0 Å². The van der Waals surface area contributed by atoms with Crippen molar-refractivity contribution in [1.82, 2.24) is 0 Å². The molecule has 0 amide bonds. The fourth-order valence-corrected chi connectivity index (χ4v) is 0.354. The predicted octanol–water partition coefficient (Wildman–Crippen LogP) is 1.44. The maximum Gasteiger partial charge on any atom is 0.195 e. The third-order valence-corrected chi connectivity index (χ3v) is 0.921. The first kappa shape index (κ1) is 7.92. The zero-order valence-corrected chi connectivity index (χ0v) is 5.89. The monoisotopic (exact) mass is 117 g/mol. The Morgan fingerprint density at radius 3 is 1.75 bits per heavy atom. The van der Waals surface area contributed by atoms with Crippen molar-refractivity contribution in [2.45, 2.75) is 27.1 Å². The second-order valence-corrected chi connectivity index (χ2v) is 2.93. The summed E-state index contributed by atoms with van der Waals surface area (Å²) >= 11 is 0. The number of methoxy groups -OCH3 is 1. The van der Waals surface area contributed by atoms with Gasteiger partial charge in [0.2, 0.25) is 0 Å². The van der Waals surface area contributed by atoms with Crippen molar-refractivity contribution < 1.29 is 9.84 Å². The van der Waals surface area contributed by atoms with Crippen molar-refractivity contribution >= 4 is 0 Å². The highest BCUT2D eigenvalue weighted by atomic mass is 16.6. The predicted molar refractivity (Wildman–Crippen MR) is 30.9 cm³/mol. The lowest BCUT2D eigenvalue weighted by molar-refractivity contribution is -0.178. The molecule has 8 heavy (non-hydrogen) atoms. The Balaban J connectivity index is 3.62. The normalized spacial score (nSPS) is 16.1. The summed E-state index contributed by atoms with van der Waals surface area (Å²) in [4.78, 5) is 0. The zero-order chi connectivity index (χ0) is 6.78. The quantitative estimate of drug-likeness (QED) is 0.478. The van der Waals surface area contributed by atoms with Crippen molar-refractivity contribution in [2.75, 3.05) is 7.11 Å². The van der Waals surface area contributed by atoms with Gasteiger partial charge in [-0.25, -0.2) is 5.11 Å². The molecule has 0 N–H and O–H groups in total. The summed E-state index contributed by atoms with van der Waals surface area (Å²) in [5.74, 6) is 0. The summed E-state index contributed by atoms with van der Waals surface area (Å²) in [6.45, 7) is 5.57. The standard InChI is InChI=1S/C6H13O2/c1-6(2,3)5(7)8-4/h5H,1-4H3. The molecule has 0 aromatic rings. The average Bonchev–Trinajstić information content (AvgIpc) is 1.62. The maximum atomic E-state index is 10.7. The molecule has 1 unspecified atom stereocenters. The summed E-state index contributed by atoms with van der Waals surface area (Å²) < 4.78 is 4.56. The molecule has 0 aliphatic carbocycles. The number of ether oxygens (including phenoxy) is 1. The highest BCUT2D eigenvalue weighted by molar-refractivity contribution is 4.62. The van der Waals surface area contributed by atoms with Gasteiger partial charge >= 0.3 is 0 Å². The van der Waals surface area contributed by atoms with Crippen LogP contribution in [0.4, 0.5) is 0 Å². The van der Waals surface area contributed by atoms with Crippen LogP contribution in [0.25, 0.3) is 0 Å². The highest BCUT2D eigenvalue weighted by Crippen LogP contribution is 2.19. The topological polar surface area (TPSA) is 29.1 Å². The molecule has 0 rings (SSSR count). The van der Waals surface area contributed by atoms with E-state index in [1.165, 1.54) is 7.11 Å². The third-order valence-electron chi connectivity index (χ3n) is 0.921. The van der Waals surface area contributed by atoms with Crippen LogP contribution in [0, 0.1) is 5.41 Å². The Bertz CT molecular complexity index is 63.4. The van der Waals surface area contributed by atoms with Crippen LogP contribution in [0.15, 0.2) is 0 Å². The lowest BCUT2D eigenvalue weighted by atomic mass is 9.96. The maximum absolute atomic E-state index is 10.7. The fourth-order valence-electron chi connectivity index (χ4n) is 0.354. The van der Waals surface area contributed by atoms with Gasteiger partial charge in [-0.3, -0.25) is 0 Å². The average molecular weight is 117 g/mol. The van der Waals surface area contributed by atoms with Gasteiger partial charge in [-0.05, 0) is 0 Å². The van der Waals surface area contributed by atoms with Crippen LogP contribution >= 0.6 is 0 Å². The van der Waals surface area contributed by atoms with Crippen LogP contribution in [0.3, 0.4) is 0 Å². The van der Waals surface area contributed by atoms with E-state index in [0.29, 0.717) is 0 Å². The number of hydrogen-bond donors (Lipinski definition) is 0. The van der Waals surface area contributed by atoms with Gasteiger partial charge in [0.25, 0.3) is 0 Å².